The van der Waals surface area contributed by atoms with E-state index in [0.717, 1.165) is 0 Å². The second-order valence-electron chi connectivity index (χ2n) is 6.95. The standard InChI is InChI=1S/C21H18FN5O3/c1-11-7-8-15(14(22)9-11)24-19(29)13-10-16(28)25-18-17(13)20(30)27-21(26-18)23-12-5-3-2-4-6-12/h2-9,13H,10H2,1H3,(H,24,29)(H3,23,25,26,27,28,30). The van der Waals surface area contributed by atoms with Gasteiger partial charge in [0.15, 0.2) is 0 Å². The summed E-state index contributed by atoms with van der Waals surface area (Å²) in [7, 11) is 0. The normalized spacial score (nSPS) is 15.1. The van der Waals surface area contributed by atoms with Gasteiger partial charge in [0, 0.05) is 12.1 Å². The van der Waals surface area contributed by atoms with Gasteiger partial charge in [0.2, 0.25) is 17.8 Å². The first-order chi connectivity index (χ1) is 14.4. The van der Waals surface area contributed by atoms with Crippen LogP contribution in [0, 0.1) is 12.7 Å². The van der Waals surface area contributed by atoms with Crippen LogP contribution in [-0.4, -0.2) is 21.8 Å². The lowest BCUT2D eigenvalue weighted by Crippen LogP contribution is -2.36. The minimum atomic E-state index is -1.10. The van der Waals surface area contributed by atoms with Crippen molar-refractivity contribution in [3.63, 3.8) is 0 Å². The van der Waals surface area contributed by atoms with Gasteiger partial charge >= 0.3 is 0 Å². The Hall–Kier alpha value is -4.01. The number of para-hydroxylation sites is 1. The molecule has 1 aliphatic rings. The molecule has 0 bridgehead atoms. The quantitative estimate of drug-likeness (QED) is 0.531. The molecule has 0 fully saturated rings. The van der Waals surface area contributed by atoms with Gasteiger partial charge in [0.25, 0.3) is 5.56 Å². The minimum absolute atomic E-state index is 0.00189. The number of carbonyl (C=O) groups is 2. The number of aromatic nitrogens is 2. The van der Waals surface area contributed by atoms with Crippen molar-refractivity contribution in [2.24, 2.45) is 0 Å². The molecule has 1 aromatic heterocycles. The minimum Gasteiger partial charge on any atom is -0.326 e. The van der Waals surface area contributed by atoms with Crippen LogP contribution in [0.4, 0.5) is 27.5 Å². The van der Waals surface area contributed by atoms with Crippen molar-refractivity contribution >= 4 is 35.0 Å². The van der Waals surface area contributed by atoms with Crippen LogP contribution >= 0.6 is 0 Å². The van der Waals surface area contributed by atoms with Crippen molar-refractivity contribution in [3.8, 4) is 0 Å². The number of rotatable bonds is 4. The molecule has 3 aromatic rings. The second-order valence-corrected chi connectivity index (χ2v) is 6.95. The smallest absolute Gasteiger partial charge is 0.258 e. The molecule has 1 unspecified atom stereocenters. The number of nitrogens with one attached hydrogen (secondary N) is 4. The molecule has 8 nitrogen and oxygen atoms in total. The molecule has 9 heteroatoms. The van der Waals surface area contributed by atoms with Crippen molar-refractivity contribution in [2.75, 3.05) is 16.0 Å². The van der Waals surface area contributed by atoms with E-state index < -0.39 is 29.1 Å². The van der Waals surface area contributed by atoms with Crippen LogP contribution < -0.4 is 21.5 Å². The van der Waals surface area contributed by atoms with Crippen LogP contribution in [0.5, 0.6) is 0 Å². The second kappa shape index (κ2) is 7.78. The van der Waals surface area contributed by atoms with Crippen molar-refractivity contribution < 1.29 is 14.0 Å². The number of aromatic amines is 1. The van der Waals surface area contributed by atoms with Gasteiger partial charge in [-0.25, -0.2) is 4.39 Å². The van der Waals surface area contributed by atoms with Crippen LogP contribution in [0.1, 0.15) is 23.5 Å². The van der Waals surface area contributed by atoms with E-state index in [2.05, 4.69) is 25.9 Å². The Kier molecular flexibility index (Phi) is 5.01. The Morgan fingerprint density at radius 1 is 1.17 bits per heavy atom. The molecule has 2 heterocycles. The van der Waals surface area contributed by atoms with Gasteiger partial charge in [-0.15, -0.1) is 0 Å². The molecule has 0 saturated heterocycles. The van der Waals surface area contributed by atoms with Gasteiger partial charge in [-0.3, -0.25) is 19.4 Å². The maximum atomic E-state index is 14.1. The number of amides is 2. The van der Waals surface area contributed by atoms with Gasteiger partial charge in [-0.05, 0) is 36.8 Å². The van der Waals surface area contributed by atoms with Crippen LogP contribution in [0.25, 0.3) is 0 Å². The van der Waals surface area contributed by atoms with E-state index >= 15 is 0 Å². The van der Waals surface area contributed by atoms with Crippen LogP contribution in [-0.2, 0) is 9.59 Å². The molecular formula is C21H18FN5O3. The monoisotopic (exact) mass is 407 g/mol. The first-order valence-corrected chi connectivity index (χ1v) is 9.24. The van der Waals surface area contributed by atoms with E-state index in [1.54, 1.807) is 25.1 Å². The number of halogens is 1. The summed E-state index contributed by atoms with van der Waals surface area (Å²) >= 11 is 0. The molecule has 0 radical (unpaired) electrons. The van der Waals surface area contributed by atoms with E-state index in [4.69, 9.17) is 0 Å². The molecule has 1 aliphatic heterocycles. The highest BCUT2D eigenvalue weighted by molar-refractivity contribution is 6.04. The highest BCUT2D eigenvalue weighted by Gasteiger charge is 2.35. The van der Waals surface area contributed by atoms with E-state index in [1.165, 1.54) is 12.1 Å². The number of benzene rings is 2. The van der Waals surface area contributed by atoms with Crippen molar-refractivity contribution in [1.29, 1.82) is 0 Å². The molecule has 4 rings (SSSR count). The fourth-order valence-corrected chi connectivity index (χ4v) is 3.25. The van der Waals surface area contributed by atoms with Crippen molar-refractivity contribution in [1.82, 2.24) is 9.97 Å². The number of hydrogen-bond acceptors (Lipinski definition) is 5. The van der Waals surface area contributed by atoms with Crippen molar-refractivity contribution in [2.45, 2.75) is 19.3 Å². The van der Waals surface area contributed by atoms with Gasteiger partial charge in [0.05, 0.1) is 17.2 Å². The predicted molar refractivity (Wildman–Crippen MR) is 110 cm³/mol. The SMILES string of the molecule is Cc1ccc(NC(=O)C2CC(=O)Nc3nc(Nc4ccccc4)[nH]c(=O)c32)c(F)c1. The summed E-state index contributed by atoms with van der Waals surface area (Å²) in [6.07, 6.45) is -0.247. The number of fused-ring (bicyclic) bond motifs is 1. The number of carbonyl (C=O) groups excluding carboxylic acids is 2. The average molecular weight is 407 g/mol. The summed E-state index contributed by atoms with van der Waals surface area (Å²) in [5.41, 5.74) is 0.824. The lowest BCUT2D eigenvalue weighted by molar-refractivity contribution is -0.123. The zero-order chi connectivity index (χ0) is 21.3. The molecular weight excluding hydrogens is 389 g/mol. The third-order valence-electron chi connectivity index (χ3n) is 4.69. The lowest BCUT2D eigenvalue weighted by atomic mass is 9.92. The molecule has 2 aromatic carbocycles. The Labute approximate surface area is 170 Å². The van der Waals surface area contributed by atoms with E-state index in [-0.39, 0.29) is 29.4 Å². The number of anilines is 4. The van der Waals surface area contributed by atoms with Gasteiger partial charge in [-0.1, -0.05) is 24.3 Å². The van der Waals surface area contributed by atoms with Crippen LogP contribution in [0.3, 0.4) is 0 Å². The number of H-pyrrole nitrogens is 1. The number of aryl methyl sites for hydroxylation is 1. The summed E-state index contributed by atoms with van der Waals surface area (Å²) in [4.78, 5) is 44.5. The van der Waals surface area contributed by atoms with Crippen molar-refractivity contribution in [3.05, 3.63) is 75.8 Å². The van der Waals surface area contributed by atoms with Gasteiger partial charge in [-0.2, -0.15) is 4.98 Å². The van der Waals surface area contributed by atoms with E-state index in [9.17, 15) is 18.8 Å². The maximum absolute atomic E-state index is 14.1. The number of nitrogens with zero attached hydrogens (tertiary/aromatic N) is 1. The third-order valence-corrected chi connectivity index (χ3v) is 4.69. The zero-order valence-corrected chi connectivity index (χ0v) is 16.0. The molecule has 0 saturated carbocycles. The highest BCUT2D eigenvalue weighted by atomic mass is 19.1. The van der Waals surface area contributed by atoms with E-state index in [1.807, 2.05) is 18.2 Å². The fourth-order valence-electron chi connectivity index (χ4n) is 3.25. The van der Waals surface area contributed by atoms with E-state index in [0.29, 0.717) is 11.3 Å². The Bertz CT molecular complexity index is 1190. The lowest BCUT2D eigenvalue weighted by Gasteiger charge is -2.23. The summed E-state index contributed by atoms with van der Waals surface area (Å²) in [5, 5.41) is 7.93. The van der Waals surface area contributed by atoms with Crippen LogP contribution in [0.15, 0.2) is 53.3 Å². The zero-order valence-electron chi connectivity index (χ0n) is 16.0. The fraction of sp³-hybridized carbons (Fsp3) is 0.143. The summed E-state index contributed by atoms with van der Waals surface area (Å²) < 4.78 is 14.1. The molecule has 0 aliphatic carbocycles. The highest BCUT2D eigenvalue weighted by Crippen LogP contribution is 2.30. The summed E-state index contributed by atoms with van der Waals surface area (Å²) in [6.45, 7) is 1.72. The number of hydrogen-bond donors (Lipinski definition) is 4. The Morgan fingerprint density at radius 3 is 2.67 bits per heavy atom. The van der Waals surface area contributed by atoms with Gasteiger partial charge in [0.1, 0.15) is 11.6 Å². The van der Waals surface area contributed by atoms with Crippen LogP contribution in [0.2, 0.25) is 0 Å². The third kappa shape index (κ3) is 3.90. The molecule has 1 atom stereocenters. The average Bonchev–Trinajstić information content (AvgIpc) is 2.70. The molecule has 2 amide bonds. The first-order valence-electron chi connectivity index (χ1n) is 9.24. The molecule has 4 N–H and O–H groups in total. The molecule has 30 heavy (non-hydrogen) atoms. The Morgan fingerprint density at radius 2 is 1.93 bits per heavy atom. The molecule has 0 spiro atoms. The van der Waals surface area contributed by atoms with Gasteiger partial charge < -0.3 is 16.0 Å². The summed E-state index contributed by atoms with van der Waals surface area (Å²) in [5.74, 6) is -2.70. The largest absolute Gasteiger partial charge is 0.326 e. The molecule has 152 valence electrons. The summed E-state index contributed by atoms with van der Waals surface area (Å²) in [6, 6.07) is 13.4. The first kappa shape index (κ1) is 19.3. The maximum Gasteiger partial charge on any atom is 0.258 e. The predicted octanol–water partition coefficient (Wildman–Crippen LogP) is 3.03. The Balaban J connectivity index is 1.65. The topological polar surface area (TPSA) is 116 Å².